The van der Waals surface area contributed by atoms with Gasteiger partial charge in [0, 0.05) is 11.6 Å². The third-order valence-corrected chi connectivity index (χ3v) is 0.923. The molecule has 0 N–H and O–H groups in total. The lowest BCUT2D eigenvalue weighted by molar-refractivity contribution is 1.16. The van der Waals surface area contributed by atoms with Crippen LogP contribution in [-0.4, -0.2) is 0 Å². The lowest BCUT2D eigenvalue weighted by Crippen LogP contribution is -1.63. The highest BCUT2D eigenvalue weighted by Gasteiger charge is 1.83. The van der Waals surface area contributed by atoms with E-state index in [9.17, 15) is 0 Å². The molecule has 1 rings (SSSR count). The second-order valence-electron chi connectivity index (χ2n) is 1.42. The Bertz CT molecular complexity index is 190. The number of rotatable bonds is 1. The summed E-state index contributed by atoms with van der Waals surface area (Å²) in [6.45, 7) is 2.09. The molecule has 0 aromatic heterocycles. The van der Waals surface area contributed by atoms with Gasteiger partial charge in [-0.1, -0.05) is 18.4 Å². The third-order valence-electron chi connectivity index (χ3n) is 0.923. The van der Waals surface area contributed by atoms with E-state index in [0.29, 0.717) is 0 Å². The predicted octanol–water partition coefficient (Wildman–Crippen LogP) is 1.80. The molecule has 0 heteroatoms. The molecule has 1 aliphatic rings. The Hall–Kier alpha value is -0.920. The highest BCUT2D eigenvalue weighted by atomic mass is 13.9. The molecule has 0 radical (unpaired) electrons. The number of hydrogen-bond donors (Lipinski definition) is 0. The monoisotopic (exact) mass is 90.0 g/mol. The van der Waals surface area contributed by atoms with Gasteiger partial charge < -0.3 is 0 Å². The van der Waals surface area contributed by atoms with Gasteiger partial charge in [-0.3, -0.25) is 0 Å². The van der Waals surface area contributed by atoms with Crippen LogP contribution in [-0.2, 0) is 0 Å². The van der Waals surface area contributed by atoms with Crippen LogP contribution in [0.2, 0.25) is 0 Å². The molecule has 0 fully saturated rings. The smallest absolute Gasteiger partial charge is 0.0111 e. The largest absolute Gasteiger partial charge is 0.0606 e. The molecular weight excluding hydrogens is 84.1 g/mol. The van der Waals surface area contributed by atoms with Crippen LogP contribution in [0.4, 0.5) is 0 Å². The van der Waals surface area contributed by atoms with Crippen molar-refractivity contribution in [2.75, 3.05) is 0 Å². The molecule has 0 saturated carbocycles. The first kappa shape index (κ1) is 4.24. The van der Waals surface area contributed by atoms with Gasteiger partial charge in [-0.15, -0.1) is 0 Å². The fraction of sp³-hybridized carbons (Fsp3) is 0.286. The van der Waals surface area contributed by atoms with Crippen LogP contribution in [0.15, 0.2) is 28.8 Å². The SMILES string of the molecule is CCC1=C=C=C=C1. The normalized spacial score (nSPS) is 13.0. The average Bonchev–Trinajstić information content (AvgIpc) is 2.14. The second-order valence-corrected chi connectivity index (χ2v) is 1.42. The summed E-state index contributed by atoms with van der Waals surface area (Å²) in [5.41, 5.74) is 9.63. The maximum absolute atomic E-state index is 2.91. The van der Waals surface area contributed by atoms with Crippen molar-refractivity contribution in [3.05, 3.63) is 28.8 Å². The number of hydrogen-bond acceptors (Lipinski definition) is 0. The van der Waals surface area contributed by atoms with E-state index in [1.165, 1.54) is 5.57 Å². The highest BCUT2D eigenvalue weighted by Crippen LogP contribution is 1.99. The Labute approximate surface area is 43.2 Å². The summed E-state index contributed by atoms with van der Waals surface area (Å²) < 4.78 is 0. The molecule has 0 atom stereocenters. The summed E-state index contributed by atoms with van der Waals surface area (Å²) in [5, 5.41) is 0. The van der Waals surface area contributed by atoms with Crippen molar-refractivity contribution < 1.29 is 0 Å². The minimum absolute atomic E-state index is 1.04. The summed E-state index contributed by atoms with van der Waals surface area (Å²) in [4.78, 5) is 0. The van der Waals surface area contributed by atoms with Gasteiger partial charge in [0.15, 0.2) is 0 Å². The average molecular weight is 90.1 g/mol. The topological polar surface area (TPSA) is 0 Å². The van der Waals surface area contributed by atoms with Crippen molar-refractivity contribution in [3.8, 4) is 0 Å². The summed E-state index contributed by atoms with van der Waals surface area (Å²) >= 11 is 0. The summed E-state index contributed by atoms with van der Waals surface area (Å²) in [6.07, 6.45) is 2.94. The van der Waals surface area contributed by atoms with Crippen LogP contribution in [0.25, 0.3) is 0 Å². The fourth-order valence-corrected chi connectivity index (χ4v) is 0.466. The first-order valence-electron chi connectivity index (χ1n) is 2.39. The lowest BCUT2D eigenvalue weighted by atomic mass is 10.2. The van der Waals surface area contributed by atoms with Crippen LogP contribution in [0.3, 0.4) is 0 Å². The summed E-state index contributed by atoms with van der Waals surface area (Å²) in [7, 11) is 0. The van der Waals surface area contributed by atoms with E-state index in [2.05, 4.69) is 24.1 Å². The molecule has 0 nitrogen and oxygen atoms in total. The van der Waals surface area contributed by atoms with E-state index >= 15 is 0 Å². The zero-order valence-electron chi connectivity index (χ0n) is 4.28. The molecule has 0 unspecified atom stereocenters. The van der Waals surface area contributed by atoms with Gasteiger partial charge in [0.2, 0.25) is 0 Å². The van der Waals surface area contributed by atoms with Crippen LogP contribution in [0.1, 0.15) is 13.3 Å². The molecule has 0 amide bonds. The Balaban J connectivity index is 2.86. The van der Waals surface area contributed by atoms with E-state index in [4.69, 9.17) is 0 Å². The molecule has 0 saturated heterocycles. The maximum atomic E-state index is 2.91. The zero-order chi connectivity index (χ0) is 5.11. The molecule has 34 valence electrons. The van der Waals surface area contributed by atoms with Gasteiger partial charge in [-0.05, 0) is 12.2 Å². The maximum Gasteiger partial charge on any atom is 0.0111 e. The first-order valence-corrected chi connectivity index (χ1v) is 2.39. The molecule has 7 heavy (non-hydrogen) atoms. The minimum Gasteiger partial charge on any atom is -0.0606 e. The molecule has 0 bridgehead atoms. The Morgan fingerprint density at radius 3 is 2.86 bits per heavy atom. The summed E-state index contributed by atoms with van der Waals surface area (Å²) in [5.74, 6) is 0. The molecule has 0 spiro atoms. The van der Waals surface area contributed by atoms with Gasteiger partial charge in [-0.2, -0.15) is 0 Å². The van der Waals surface area contributed by atoms with E-state index in [-0.39, 0.29) is 0 Å². The quantitative estimate of drug-likeness (QED) is 0.431. The van der Waals surface area contributed by atoms with Crippen LogP contribution in [0, 0.1) is 0 Å². The van der Waals surface area contributed by atoms with E-state index in [1.54, 1.807) is 0 Å². The molecule has 1 aliphatic carbocycles. The zero-order valence-corrected chi connectivity index (χ0v) is 4.28. The van der Waals surface area contributed by atoms with Gasteiger partial charge in [0.05, 0.1) is 0 Å². The number of allylic oxidation sites excluding steroid dienone is 2. The Morgan fingerprint density at radius 2 is 2.57 bits per heavy atom. The highest BCUT2D eigenvalue weighted by molar-refractivity contribution is 5.21. The van der Waals surface area contributed by atoms with E-state index in [1.807, 2.05) is 6.08 Å². The first-order chi connectivity index (χ1) is 3.43. The Kier molecular flexibility index (Phi) is 1.02. The van der Waals surface area contributed by atoms with Crippen molar-refractivity contribution in [2.45, 2.75) is 13.3 Å². The predicted molar refractivity (Wildman–Crippen MR) is 28.9 cm³/mol. The fourth-order valence-electron chi connectivity index (χ4n) is 0.466. The Morgan fingerprint density at radius 1 is 1.71 bits per heavy atom. The van der Waals surface area contributed by atoms with Crippen LogP contribution < -0.4 is 0 Å². The molecule has 0 aliphatic heterocycles. The van der Waals surface area contributed by atoms with Crippen LogP contribution >= 0.6 is 0 Å². The molecule has 0 aromatic rings. The van der Waals surface area contributed by atoms with E-state index in [0.717, 1.165) is 6.42 Å². The van der Waals surface area contributed by atoms with Crippen molar-refractivity contribution in [2.24, 2.45) is 0 Å². The molecule has 0 aromatic carbocycles. The lowest BCUT2D eigenvalue weighted by Gasteiger charge is -1.79. The summed E-state index contributed by atoms with van der Waals surface area (Å²) in [6, 6.07) is 0. The van der Waals surface area contributed by atoms with Gasteiger partial charge >= 0.3 is 0 Å². The van der Waals surface area contributed by atoms with Crippen LogP contribution in [0.5, 0.6) is 0 Å². The molecule has 0 heterocycles. The van der Waals surface area contributed by atoms with Crippen molar-refractivity contribution in [3.63, 3.8) is 0 Å². The van der Waals surface area contributed by atoms with Gasteiger partial charge in [-0.25, -0.2) is 0 Å². The third kappa shape index (κ3) is 0.738. The van der Waals surface area contributed by atoms with Crippen molar-refractivity contribution in [1.82, 2.24) is 0 Å². The standard InChI is InChI=1S/C7H6/c1-2-7-5-3-4-6-7/h5H,2H2,1H3. The second kappa shape index (κ2) is 1.69. The van der Waals surface area contributed by atoms with Crippen molar-refractivity contribution in [1.29, 1.82) is 0 Å². The van der Waals surface area contributed by atoms with E-state index < -0.39 is 0 Å². The molecular formula is C7H6. The van der Waals surface area contributed by atoms with Gasteiger partial charge in [0.1, 0.15) is 0 Å². The van der Waals surface area contributed by atoms with Gasteiger partial charge in [0.25, 0.3) is 0 Å². The van der Waals surface area contributed by atoms with Crippen molar-refractivity contribution >= 4 is 0 Å². The minimum atomic E-state index is 1.04.